The van der Waals surface area contributed by atoms with E-state index in [9.17, 15) is 0 Å². The fourth-order valence-corrected chi connectivity index (χ4v) is 1.83. The Balaban J connectivity index is 1.92. The number of halogens is 1. The molecule has 0 amide bonds. The van der Waals surface area contributed by atoms with Gasteiger partial charge in [-0.1, -0.05) is 0 Å². The molecule has 1 fully saturated rings. The Labute approximate surface area is 116 Å². The van der Waals surface area contributed by atoms with E-state index in [-0.39, 0.29) is 17.4 Å². The molecular weight excluding hydrogens is 272 g/mol. The van der Waals surface area contributed by atoms with Crippen molar-refractivity contribution in [3.05, 3.63) is 5.28 Å². The lowest BCUT2D eigenvalue weighted by Crippen LogP contribution is -2.26. The van der Waals surface area contributed by atoms with Gasteiger partial charge in [0.1, 0.15) is 6.10 Å². The van der Waals surface area contributed by atoms with Crippen molar-refractivity contribution in [3.63, 3.8) is 0 Å². The number of rotatable bonds is 5. The molecule has 1 aliphatic rings. The second kappa shape index (κ2) is 5.85. The van der Waals surface area contributed by atoms with Crippen molar-refractivity contribution in [2.24, 2.45) is 0 Å². The summed E-state index contributed by atoms with van der Waals surface area (Å²) in [5.74, 6) is -0.184. The van der Waals surface area contributed by atoms with Crippen molar-refractivity contribution < 1.29 is 14.2 Å². The smallest absolute Gasteiger partial charge is 0.322 e. The number of anilines is 1. The summed E-state index contributed by atoms with van der Waals surface area (Å²) in [7, 11) is 0. The third-order valence-corrected chi connectivity index (χ3v) is 2.59. The van der Waals surface area contributed by atoms with Crippen LogP contribution in [0, 0.1) is 0 Å². The van der Waals surface area contributed by atoms with Crippen LogP contribution >= 0.6 is 11.6 Å². The van der Waals surface area contributed by atoms with Crippen molar-refractivity contribution in [1.29, 1.82) is 0 Å². The highest BCUT2D eigenvalue weighted by Crippen LogP contribution is 2.22. The summed E-state index contributed by atoms with van der Waals surface area (Å²) < 4.78 is 16.3. The van der Waals surface area contributed by atoms with Crippen LogP contribution in [0.1, 0.15) is 20.8 Å². The van der Waals surface area contributed by atoms with Crippen molar-refractivity contribution >= 4 is 17.5 Å². The number of nitrogens with zero attached hydrogens (tertiary/aromatic N) is 3. The summed E-state index contributed by atoms with van der Waals surface area (Å²) >= 11 is 5.79. The van der Waals surface area contributed by atoms with Gasteiger partial charge in [0.15, 0.2) is 5.79 Å². The quantitative estimate of drug-likeness (QED) is 0.879. The summed E-state index contributed by atoms with van der Waals surface area (Å²) in [5, 5.41) is 3.12. The Morgan fingerprint density at radius 1 is 1.42 bits per heavy atom. The molecular formula is C11H17ClN4O3. The van der Waals surface area contributed by atoms with Crippen molar-refractivity contribution in [2.75, 3.05) is 25.1 Å². The molecule has 0 spiro atoms. The molecule has 0 bridgehead atoms. The zero-order valence-electron chi connectivity index (χ0n) is 11.1. The number of hydrogen-bond acceptors (Lipinski definition) is 7. The average Bonchev–Trinajstić information content (AvgIpc) is 2.66. The van der Waals surface area contributed by atoms with Crippen molar-refractivity contribution in [1.82, 2.24) is 15.0 Å². The van der Waals surface area contributed by atoms with Gasteiger partial charge in [0.25, 0.3) is 0 Å². The molecule has 0 saturated carbocycles. The maximum atomic E-state index is 5.79. The standard InChI is InChI=1S/C11H17ClN4O3/c1-4-17-10-15-8(12)14-9(16-10)13-5-7-6-18-11(2,3)19-7/h7H,4-6H2,1-3H3,(H,13,14,15,16). The number of hydrogen-bond donors (Lipinski definition) is 1. The molecule has 106 valence electrons. The Bertz CT molecular complexity index is 444. The Kier molecular flexibility index (Phi) is 4.38. The highest BCUT2D eigenvalue weighted by atomic mass is 35.5. The van der Waals surface area contributed by atoms with Crippen LogP contribution in [0.25, 0.3) is 0 Å². The zero-order chi connectivity index (χ0) is 13.9. The van der Waals surface area contributed by atoms with Gasteiger partial charge in [0, 0.05) is 6.54 Å². The second-order valence-corrected chi connectivity index (χ2v) is 4.81. The van der Waals surface area contributed by atoms with E-state index in [0.717, 1.165) is 0 Å². The Morgan fingerprint density at radius 3 is 2.84 bits per heavy atom. The molecule has 1 atom stereocenters. The molecule has 1 unspecified atom stereocenters. The predicted molar refractivity (Wildman–Crippen MR) is 69.4 cm³/mol. The molecule has 8 heteroatoms. The fourth-order valence-electron chi connectivity index (χ4n) is 1.67. The maximum Gasteiger partial charge on any atom is 0.322 e. The van der Waals surface area contributed by atoms with Gasteiger partial charge in [0.2, 0.25) is 11.2 Å². The molecule has 1 aromatic heterocycles. The lowest BCUT2D eigenvalue weighted by Gasteiger charge is -2.17. The van der Waals surface area contributed by atoms with Gasteiger partial charge in [-0.25, -0.2) is 0 Å². The molecule has 0 radical (unpaired) electrons. The number of aromatic nitrogens is 3. The zero-order valence-corrected chi connectivity index (χ0v) is 11.9. The highest BCUT2D eigenvalue weighted by Gasteiger charge is 2.32. The van der Waals surface area contributed by atoms with Crippen LogP contribution in [0.15, 0.2) is 0 Å². The molecule has 1 aliphatic heterocycles. The van der Waals surface area contributed by atoms with Gasteiger partial charge in [0.05, 0.1) is 13.2 Å². The van der Waals surface area contributed by atoms with E-state index in [4.69, 9.17) is 25.8 Å². The van der Waals surface area contributed by atoms with Crippen molar-refractivity contribution in [2.45, 2.75) is 32.7 Å². The topological polar surface area (TPSA) is 78.4 Å². The fraction of sp³-hybridized carbons (Fsp3) is 0.727. The van der Waals surface area contributed by atoms with Crippen LogP contribution in [-0.4, -0.2) is 46.6 Å². The van der Waals surface area contributed by atoms with Gasteiger partial charge in [-0.2, -0.15) is 15.0 Å². The SMILES string of the molecule is CCOc1nc(Cl)nc(NCC2COC(C)(C)O2)n1. The van der Waals surface area contributed by atoms with Gasteiger partial charge in [-0.15, -0.1) is 0 Å². The monoisotopic (exact) mass is 288 g/mol. The summed E-state index contributed by atoms with van der Waals surface area (Å²) in [4.78, 5) is 11.9. The van der Waals surface area contributed by atoms with Crippen molar-refractivity contribution in [3.8, 4) is 6.01 Å². The molecule has 19 heavy (non-hydrogen) atoms. The minimum Gasteiger partial charge on any atom is -0.464 e. The minimum atomic E-state index is -0.542. The summed E-state index contributed by atoms with van der Waals surface area (Å²) in [6.07, 6.45) is -0.0546. The number of nitrogens with one attached hydrogen (secondary N) is 1. The Hall–Kier alpha value is -1.18. The summed E-state index contributed by atoms with van der Waals surface area (Å²) in [6, 6.07) is 0.203. The number of ether oxygens (including phenoxy) is 3. The van der Waals surface area contributed by atoms with Gasteiger partial charge in [-0.3, -0.25) is 0 Å². The van der Waals surface area contributed by atoms with E-state index >= 15 is 0 Å². The summed E-state index contributed by atoms with van der Waals surface area (Å²) in [6.45, 7) is 7.11. The first-order valence-electron chi connectivity index (χ1n) is 6.08. The molecule has 0 aromatic carbocycles. The van der Waals surface area contributed by atoms with E-state index in [1.807, 2.05) is 20.8 Å². The first-order chi connectivity index (χ1) is 8.98. The van der Waals surface area contributed by atoms with Gasteiger partial charge < -0.3 is 19.5 Å². The third kappa shape index (κ3) is 4.15. The van der Waals surface area contributed by atoms with E-state index < -0.39 is 5.79 Å². The van der Waals surface area contributed by atoms with E-state index in [1.54, 1.807) is 0 Å². The van der Waals surface area contributed by atoms with E-state index in [0.29, 0.717) is 25.7 Å². The second-order valence-electron chi connectivity index (χ2n) is 4.48. The molecule has 1 N–H and O–H groups in total. The minimum absolute atomic E-state index is 0.0546. The highest BCUT2D eigenvalue weighted by molar-refractivity contribution is 6.28. The van der Waals surface area contributed by atoms with Crippen LogP contribution in [-0.2, 0) is 9.47 Å². The molecule has 1 aromatic rings. The largest absolute Gasteiger partial charge is 0.464 e. The molecule has 7 nitrogen and oxygen atoms in total. The first-order valence-corrected chi connectivity index (χ1v) is 6.46. The Morgan fingerprint density at radius 2 is 2.21 bits per heavy atom. The van der Waals surface area contributed by atoms with Crippen LogP contribution in [0.4, 0.5) is 5.95 Å². The molecule has 2 heterocycles. The average molecular weight is 289 g/mol. The van der Waals surface area contributed by atoms with E-state index in [1.165, 1.54) is 0 Å². The lowest BCUT2D eigenvalue weighted by atomic mass is 10.4. The van der Waals surface area contributed by atoms with E-state index in [2.05, 4.69) is 20.3 Å². The maximum absolute atomic E-state index is 5.79. The predicted octanol–water partition coefficient (Wildman–Crippen LogP) is 1.49. The molecule has 2 rings (SSSR count). The first kappa shape index (κ1) is 14.2. The van der Waals surface area contributed by atoms with Crippen LogP contribution in [0.3, 0.4) is 0 Å². The van der Waals surface area contributed by atoms with Crippen LogP contribution < -0.4 is 10.1 Å². The molecule has 0 aliphatic carbocycles. The van der Waals surface area contributed by atoms with Crippen LogP contribution in [0.2, 0.25) is 5.28 Å². The van der Waals surface area contributed by atoms with Crippen LogP contribution in [0.5, 0.6) is 6.01 Å². The van der Waals surface area contributed by atoms with Gasteiger partial charge in [-0.05, 0) is 32.4 Å². The third-order valence-electron chi connectivity index (χ3n) is 2.42. The van der Waals surface area contributed by atoms with Gasteiger partial charge >= 0.3 is 6.01 Å². The normalized spacial score (nSPS) is 21.4. The molecule has 1 saturated heterocycles. The lowest BCUT2D eigenvalue weighted by molar-refractivity contribution is -0.136. The summed E-state index contributed by atoms with van der Waals surface area (Å²) in [5.41, 5.74) is 0.